The highest BCUT2D eigenvalue weighted by Crippen LogP contribution is 2.38. The number of rotatable bonds is 5. The number of hydrogen-bond acceptors (Lipinski definition) is 4. The minimum Gasteiger partial charge on any atom is -0.352 e. The first-order chi connectivity index (χ1) is 12.8. The highest BCUT2D eigenvalue weighted by molar-refractivity contribution is 6.01. The maximum atomic E-state index is 12.7. The summed E-state index contributed by atoms with van der Waals surface area (Å²) in [4.78, 5) is 16.1. The van der Waals surface area contributed by atoms with Crippen molar-refractivity contribution in [2.24, 2.45) is 5.16 Å². The van der Waals surface area contributed by atoms with Crippen LogP contribution in [0.5, 0.6) is 0 Å². The van der Waals surface area contributed by atoms with Gasteiger partial charge < -0.3 is 15.3 Å². The molecule has 3 rings (SSSR count). The highest BCUT2D eigenvalue weighted by Gasteiger charge is 2.60. The Morgan fingerprint density at radius 3 is 2.37 bits per heavy atom. The van der Waals surface area contributed by atoms with Crippen LogP contribution >= 0.6 is 0 Å². The smallest absolute Gasteiger partial charge is 0.352 e. The number of halogens is 3. The summed E-state index contributed by atoms with van der Waals surface area (Å²) < 4.78 is 38.2. The Kier molecular flexibility index (Phi) is 5.18. The molecule has 1 unspecified atom stereocenters. The van der Waals surface area contributed by atoms with Crippen molar-refractivity contribution in [1.29, 1.82) is 0 Å². The van der Waals surface area contributed by atoms with Crippen LogP contribution in [0.4, 0.5) is 13.2 Å². The summed E-state index contributed by atoms with van der Waals surface area (Å²) >= 11 is 0. The Bertz CT molecular complexity index is 836. The van der Waals surface area contributed by atoms with E-state index in [9.17, 15) is 23.1 Å². The van der Waals surface area contributed by atoms with Gasteiger partial charge in [-0.1, -0.05) is 59.8 Å². The molecule has 1 aliphatic rings. The molecule has 1 heterocycles. The summed E-state index contributed by atoms with van der Waals surface area (Å²) in [5.74, 6) is -3.42. The number of benzene rings is 2. The van der Waals surface area contributed by atoms with E-state index in [0.717, 1.165) is 11.1 Å². The maximum Gasteiger partial charge on any atom is 0.458 e. The van der Waals surface area contributed by atoms with Gasteiger partial charge in [-0.25, -0.2) is 0 Å². The average molecular weight is 378 g/mol. The zero-order chi connectivity index (χ0) is 19.5. The van der Waals surface area contributed by atoms with E-state index in [4.69, 9.17) is 0 Å². The molecule has 1 amide bonds. The lowest BCUT2D eigenvalue weighted by Crippen LogP contribution is -2.45. The molecule has 1 aliphatic heterocycles. The monoisotopic (exact) mass is 378 g/mol. The number of hydrogen-bond donors (Lipinski definition) is 2. The molecule has 2 aromatic rings. The summed E-state index contributed by atoms with van der Waals surface area (Å²) in [6, 6.07) is 15.8. The lowest BCUT2D eigenvalue weighted by atomic mass is 10.0. The summed E-state index contributed by atoms with van der Waals surface area (Å²) in [6.07, 6.45) is -5.44. The summed E-state index contributed by atoms with van der Waals surface area (Å²) in [5.41, 5.74) is 2.11. The Labute approximate surface area is 153 Å². The van der Waals surface area contributed by atoms with Gasteiger partial charge in [0.15, 0.2) is 0 Å². The van der Waals surface area contributed by atoms with Crippen molar-refractivity contribution in [2.45, 2.75) is 31.3 Å². The van der Waals surface area contributed by atoms with Crippen molar-refractivity contribution in [2.75, 3.05) is 0 Å². The first-order valence-electron chi connectivity index (χ1n) is 8.21. The zero-order valence-corrected chi connectivity index (χ0v) is 14.2. The molecule has 27 heavy (non-hydrogen) atoms. The SMILES string of the molecule is O=C(Cc1ccccc1)NCc1ccc(C2=NOC(O)(C(F)(F)F)C2)cc1. The summed E-state index contributed by atoms with van der Waals surface area (Å²) in [6.45, 7) is 0.293. The number of carbonyl (C=O) groups is 1. The van der Waals surface area contributed by atoms with Gasteiger partial charge in [-0.15, -0.1) is 0 Å². The molecular formula is C19H17F3N2O3. The summed E-state index contributed by atoms with van der Waals surface area (Å²) in [5, 5.41) is 15.6. The Balaban J connectivity index is 1.54. The van der Waals surface area contributed by atoms with Crippen molar-refractivity contribution >= 4 is 11.6 Å². The standard InChI is InChI=1S/C19H17F3N2O3/c20-19(21,22)18(26)11-16(24-27-18)15-8-6-14(7-9-15)12-23-17(25)10-13-4-2-1-3-5-13/h1-9,26H,10-12H2,(H,23,25). The third-order valence-electron chi connectivity index (χ3n) is 4.14. The van der Waals surface area contributed by atoms with Gasteiger partial charge in [0.2, 0.25) is 5.91 Å². The second kappa shape index (κ2) is 7.40. The first kappa shape index (κ1) is 18.9. The second-order valence-electron chi connectivity index (χ2n) is 6.22. The molecule has 0 aromatic heterocycles. The normalized spacial score (nSPS) is 19.3. The summed E-state index contributed by atoms with van der Waals surface area (Å²) in [7, 11) is 0. The van der Waals surface area contributed by atoms with E-state index in [1.54, 1.807) is 24.3 Å². The molecule has 0 saturated carbocycles. The largest absolute Gasteiger partial charge is 0.458 e. The predicted molar refractivity (Wildman–Crippen MR) is 91.7 cm³/mol. The topological polar surface area (TPSA) is 70.9 Å². The number of alkyl halides is 3. The molecule has 2 N–H and O–H groups in total. The highest BCUT2D eigenvalue weighted by atomic mass is 19.4. The van der Waals surface area contributed by atoms with Gasteiger partial charge in [-0.2, -0.15) is 13.2 Å². The van der Waals surface area contributed by atoms with Crippen molar-refractivity contribution in [3.8, 4) is 0 Å². The van der Waals surface area contributed by atoms with E-state index in [0.29, 0.717) is 12.1 Å². The fraction of sp³-hybridized carbons (Fsp3) is 0.263. The van der Waals surface area contributed by atoms with E-state index in [1.165, 1.54) is 0 Å². The van der Waals surface area contributed by atoms with Gasteiger partial charge in [-0.05, 0) is 16.7 Å². The quantitative estimate of drug-likeness (QED) is 0.841. The molecule has 1 atom stereocenters. The van der Waals surface area contributed by atoms with Gasteiger partial charge in [0.05, 0.1) is 18.6 Å². The molecule has 0 saturated heterocycles. The maximum absolute atomic E-state index is 12.7. The van der Waals surface area contributed by atoms with Crippen LogP contribution in [-0.4, -0.2) is 28.7 Å². The number of aliphatic hydroxyl groups is 1. The third kappa shape index (κ3) is 4.46. The molecule has 142 valence electrons. The van der Waals surface area contributed by atoms with Gasteiger partial charge in [0.25, 0.3) is 0 Å². The molecule has 0 spiro atoms. The molecule has 0 aliphatic carbocycles. The number of nitrogens with one attached hydrogen (secondary N) is 1. The Morgan fingerprint density at radius 1 is 1.11 bits per heavy atom. The minimum absolute atomic E-state index is 0.00879. The Hall–Kier alpha value is -2.87. The Morgan fingerprint density at radius 2 is 1.78 bits per heavy atom. The van der Waals surface area contributed by atoms with Crippen LogP contribution in [0.1, 0.15) is 23.1 Å². The predicted octanol–water partition coefficient (Wildman–Crippen LogP) is 2.92. The van der Waals surface area contributed by atoms with Crippen molar-refractivity contribution in [1.82, 2.24) is 5.32 Å². The van der Waals surface area contributed by atoms with E-state index in [2.05, 4.69) is 15.3 Å². The van der Waals surface area contributed by atoms with Crippen molar-refractivity contribution < 1.29 is 27.9 Å². The first-order valence-corrected chi connectivity index (χ1v) is 8.21. The van der Waals surface area contributed by atoms with Gasteiger partial charge in [0.1, 0.15) is 0 Å². The number of oxime groups is 1. The van der Waals surface area contributed by atoms with E-state index in [-0.39, 0.29) is 18.0 Å². The van der Waals surface area contributed by atoms with Gasteiger partial charge in [-0.3, -0.25) is 4.79 Å². The van der Waals surface area contributed by atoms with E-state index >= 15 is 0 Å². The lowest BCUT2D eigenvalue weighted by molar-refractivity contribution is -0.355. The fourth-order valence-electron chi connectivity index (χ4n) is 2.59. The number of amides is 1. The minimum atomic E-state index is -4.93. The van der Waals surface area contributed by atoms with Crippen LogP contribution in [0.25, 0.3) is 0 Å². The van der Waals surface area contributed by atoms with Crippen LogP contribution in [0.15, 0.2) is 59.8 Å². The number of carbonyl (C=O) groups excluding carboxylic acids is 1. The molecular weight excluding hydrogens is 361 g/mol. The van der Waals surface area contributed by atoms with Crippen LogP contribution < -0.4 is 5.32 Å². The van der Waals surface area contributed by atoms with Crippen LogP contribution in [-0.2, 0) is 22.6 Å². The average Bonchev–Trinajstić information content (AvgIpc) is 3.05. The van der Waals surface area contributed by atoms with Crippen LogP contribution in [0, 0.1) is 0 Å². The van der Waals surface area contributed by atoms with Crippen LogP contribution in [0.3, 0.4) is 0 Å². The van der Waals surface area contributed by atoms with Crippen molar-refractivity contribution in [3.05, 3.63) is 71.3 Å². The number of nitrogens with zero attached hydrogens (tertiary/aromatic N) is 1. The van der Waals surface area contributed by atoms with Gasteiger partial charge >= 0.3 is 12.0 Å². The molecule has 5 nitrogen and oxygen atoms in total. The molecule has 0 bridgehead atoms. The second-order valence-corrected chi connectivity index (χ2v) is 6.22. The zero-order valence-electron chi connectivity index (χ0n) is 14.2. The molecule has 8 heteroatoms. The molecule has 2 aromatic carbocycles. The van der Waals surface area contributed by atoms with E-state index in [1.807, 2.05) is 30.3 Å². The third-order valence-corrected chi connectivity index (χ3v) is 4.14. The molecule has 0 radical (unpaired) electrons. The fourth-order valence-corrected chi connectivity index (χ4v) is 2.59. The van der Waals surface area contributed by atoms with Gasteiger partial charge in [0, 0.05) is 6.54 Å². The van der Waals surface area contributed by atoms with E-state index < -0.39 is 18.4 Å². The van der Waals surface area contributed by atoms with Crippen molar-refractivity contribution in [3.63, 3.8) is 0 Å². The van der Waals surface area contributed by atoms with Crippen LogP contribution in [0.2, 0.25) is 0 Å². The molecule has 0 fully saturated rings. The lowest BCUT2D eigenvalue weighted by Gasteiger charge is -2.22.